The maximum Gasteiger partial charge on any atom is 0.257 e. The molecule has 0 aliphatic carbocycles. The number of halogens is 2. The second-order valence-corrected chi connectivity index (χ2v) is 6.91. The van der Waals surface area contributed by atoms with Gasteiger partial charge in [0.1, 0.15) is 17.2 Å². The first-order chi connectivity index (χ1) is 12.9. The number of Topliss-reactive ketones (excluding diaryl/α,β-unsaturated/α-hetero) is 1. The molecule has 1 heterocycles. The Balaban J connectivity index is 1.65. The molecule has 2 N–H and O–H groups in total. The molecule has 2 amide bonds. The number of carbonyl (C=O) groups is 3. The third kappa shape index (κ3) is 6.25. The summed E-state index contributed by atoms with van der Waals surface area (Å²) in [6.07, 6.45) is 0.614. The van der Waals surface area contributed by atoms with Crippen molar-refractivity contribution < 1.29 is 23.2 Å². The zero-order valence-electron chi connectivity index (χ0n) is 14.8. The first-order valence-electron chi connectivity index (χ1n) is 8.45. The van der Waals surface area contributed by atoms with Crippen molar-refractivity contribution in [1.82, 2.24) is 10.6 Å². The maximum atomic E-state index is 13.7. The number of aryl methyl sites for hydroxylation is 1. The molecule has 0 saturated carbocycles. The quantitative estimate of drug-likeness (QED) is 0.506. The molecule has 0 atom stereocenters. The van der Waals surface area contributed by atoms with E-state index in [0.29, 0.717) is 16.9 Å². The summed E-state index contributed by atoms with van der Waals surface area (Å²) in [7, 11) is 0. The molecule has 27 heavy (non-hydrogen) atoms. The van der Waals surface area contributed by atoms with Crippen LogP contribution >= 0.6 is 11.3 Å². The Morgan fingerprint density at radius 1 is 1.04 bits per heavy atom. The van der Waals surface area contributed by atoms with Crippen LogP contribution in [0.5, 0.6) is 0 Å². The number of benzene rings is 1. The summed E-state index contributed by atoms with van der Waals surface area (Å²) in [6.45, 7) is 1.97. The lowest BCUT2D eigenvalue weighted by atomic mass is 10.1. The van der Waals surface area contributed by atoms with Gasteiger partial charge in [-0.3, -0.25) is 14.4 Å². The second-order valence-electron chi connectivity index (χ2n) is 5.96. The normalized spacial score (nSPS) is 10.5. The first kappa shape index (κ1) is 20.7. The fourth-order valence-corrected chi connectivity index (χ4v) is 3.09. The molecule has 0 bridgehead atoms. The molecule has 8 heteroatoms. The van der Waals surface area contributed by atoms with E-state index in [-0.39, 0.29) is 37.6 Å². The third-order valence-corrected chi connectivity index (χ3v) is 4.66. The van der Waals surface area contributed by atoms with Gasteiger partial charge in [0.2, 0.25) is 5.91 Å². The van der Waals surface area contributed by atoms with E-state index >= 15 is 0 Å². The topological polar surface area (TPSA) is 75.3 Å². The Kier molecular flexibility index (Phi) is 7.60. The second kappa shape index (κ2) is 9.91. The molecule has 2 rings (SSSR count). The Morgan fingerprint density at radius 3 is 2.33 bits per heavy atom. The van der Waals surface area contributed by atoms with Crippen molar-refractivity contribution in [3.8, 4) is 0 Å². The zero-order valence-corrected chi connectivity index (χ0v) is 15.6. The molecule has 1 aromatic heterocycles. The van der Waals surface area contributed by atoms with Gasteiger partial charge in [0.25, 0.3) is 5.91 Å². The molecule has 0 saturated heterocycles. The number of nitrogens with one attached hydrogen (secondary N) is 2. The number of thiophene rings is 1. The molecule has 0 unspecified atom stereocenters. The van der Waals surface area contributed by atoms with Crippen molar-refractivity contribution in [1.29, 1.82) is 0 Å². The van der Waals surface area contributed by atoms with Crippen LogP contribution in [-0.2, 0) is 4.79 Å². The average Bonchev–Trinajstić information content (AvgIpc) is 3.13. The van der Waals surface area contributed by atoms with E-state index in [1.807, 2.05) is 0 Å². The molecule has 5 nitrogen and oxygen atoms in total. The predicted molar refractivity (Wildman–Crippen MR) is 98.9 cm³/mol. The summed E-state index contributed by atoms with van der Waals surface area (Å²) in [6, 6.07) is 5.68. The number of rotatable bonds is 9. The highest BCUT2D eigenvalue weighted by Gasteiger charge is 2.17. The third-order valence-electron chi connectivity index (χ3n) is 3.75. The van der Waals surface area contributed by atoms with Crippen LogP contribution in [-0.4, -0.2) is 30.7 Å². The fraction of sp³-hybridized carbons (Fsp3) is 0.316. The molecule has 0 spiro atoms. The van der Waals surface area contributed by atoms with Gasteiger partial charge in [-0.1, -0.05) is 6.07 Å². The van der Waals surface area contributed by atoms with Gasteiger partial charge in [0.15, 0.2) is 5.78 Å². The van der Waals surface area contributed by atoms with Crippen molar-refractivity contribution in [3.63, 3.8) is 0 Å². The minimum Gasteiger partial charge on any atom is -0.356 e. The Morgan fingerprint density at radius 2 is 1.70 bits per heavy atom. The van der Waals surface area contributed by atoms with E-state index in [2.05, 4.69) is 10.6 Å². The molecule has 0 aliphatic heterocycles. The Bertz CT molecular complexity index is 799. The number of amides is 2. The van der Waals surface area contributed by atoms with E-state index in [1.54, 1.807) is 17.5 Å². The van der Waals surface area contributed by atoms with Crippen molar-refractivity contribution in [2.45, 2.75) is 26.2 Å². The molecular formula is C19H20F2N2O3S. The predicted octanol–water partition coefficient (Wildman–Crippen LogP) is 3.23. The van der Waals surface area contributed by atoms with Gasteiger partial charge in [0.05, 0.1) is 4.88 Å². The monoisotopic (exact) mass is 394 g/mol. The van der Waals surface area contributed by atoms with E-state index < -0.39 is 23.1 Å². The lowest BCUT2D eigenvalue weighted by molar-refractivity contribution is -0.121. The maximum absolute atomic E-state index is 13.7. The van der Waals surface area contributed by atoms with Crippen LogP contribution in [0.25, 0.3) is 0 Å². The molecule has 0 fully saturated rings. The van der Waals surface area contributed by atoms with Crippen LogP contribution in [0, 0.1) is 18.6 Å². The van der Waals surface area contributed by atoms with Gasteiger partial charge in [-0.05, 0) is 42.5 Å². The molecule has 144 valence electrons. The van der Waals surface area contributed by atoms with Crippen LogP contribution in [0.4, 0.5) is 8.78 Å². The number of hydrogen-bond acceptors (Lipinski definition) is 4. The molecule has 1 aromatic carbocycles. The van der Waals surface area contributed by atoms with Crippen molar-refractivity contribution in [2.24, 2.45) is 0 Å². The lowest BCUT2D eigenvalue weighted by Crippen LogP contribution is -2.30. The number of hydrogen-bond donors (Lipinski definition) is 2. The van der Waals surface area contributed by atoms with Crippen LogP contribution in [0.3, 0.4) is 0 Å². The Hall–Kier alpha value is -2.61. The summed E-state index contributed by atoms with van der Waals surface area (Å²) in [5, 5.41) is 6.86. The summed E-state index contributed by atoms with van der Waals surface area (Å²) in [5.74, 6) is -2.99. The van der Waals surface area contributed by atoms with Crippen LogP contribution in [0.2, 0.25) is 0 Å². The fourth-order valence-electron chi connectivity index (χ4n) is 2.40. The molecule has 0 radical (unpaired) electrons. The SMILES string of the molecule is Cc1cc(F)c(C(=O)NCCCNC(=O)CCC(=O)c2cccs2)c(F)c1. The summed E-state index contributed by atoms with van der Waals surface area (Å²) >= 11 is 1.34. The van der Waals surface area contributed by atoms with Gasteiger partial charge in [-0.15, -0.1) is 11.3 Å². The van der Waals surface area contributed by atoms with E-state index in [1.165, 1.54) is 18.3 Å². The molecular weight excluding hydrogens is 374 g/mol. The Labute approximate surface area is 159 Å². The van der Waals surface area contributed by atoms with Crippen LogP contribution < -0.4 is 10.6 Å². The van der Waals surface area contributed by atoms with Crippen LogP contribution in [0.1, 0.15) is 44.9 Å². The van der Waals surface area contributed by atoms with Gasteiger partial charge in [0, 0.05) is 25.9 Å². The van der Waals surface area contributed by atoms with E-state index in [4.69, 9.17) is 0 Å². The van der Waals surface area contributed by atoms with Crippen molar-refractivity contribution in [3.05, 3.63) is 57.3 Å². The molecule has 2 aromatic rings. The highest BCUT2D eigenvalue weighted by atomic mass is 32.1. The minimum absolute atomic E-state index is 0.0745. The number of carbonyl (C=O) groups excluding carboxylic acids is 3. The van der Waals surface area contributed by atoms with Gasteiger partial charge in [-0.2, -0.15) is 0 Å². The van der Waals surface area contributed by atoms with Crippen molar-refractivity contribution >= 4 is 28.9 Å². The number of ketones is 1. The average molecular weight is 394 g/mol. The first-order valence-corrected chi connectivity index (χ1v) is 9.33. The largest absolute Gasteiger partial charge is 0.356 e. The van der Waals surface area contributed by atoms with Gasteiger partial charge < -0.3 is 10.6 Å². The standard InChI is InChI=1S/C19H20F2N2O3S/c1-12-10-13(20)18(14(21)11-12)19(26)23-8-3-7-22-17(25)6-5-15(24)16-4-2-9-27-16/h2,4,9-11H,3,5-8H2,1H3,(H,22,25)(H,23,26). The van der Waals surface area contributed by atoms with Gasteiger partial charge in [-0.25, -0.2) is 8.78 Å². The lowest BCUT2D eigenvalue weighted by Gasteiger charge is -2.08. The smallest absolute Gasteiger partial charge is 0.257 e. The summed E-state index contributed by atoms with van der Waals surface area (Å²) < 4.78 is 27.4. The molecule has 0 aliphatic rings. The summed E-state index contributed by atoms with van der Waals surface area (Å²) in [4.78, 5) is 36.0. The zero-order chi connectivity index (χ0) is 19.8. The van der Waals surface area contributed by atoms with E-state index in [9.17, 15) is 23.2 Å². The minimum atomic E-state index is -0.909. The highest BCUT2D eigenvalue weighted by molar-refractivity contribution is 7.12. The van der Waals surface area contributed by atoms with Crippen LogP contribution in [0.15, 0.2) is 29.6 Å². The summed E-state index contributed by atoms with van der Waals surface area (Å²) in [5.41, 5.74) is -0.224. The van der Waals surface area contributed by atoms with Gasteiger partial charge >= 0.3 is 0 Å². The van der Waals surface area contributed by atoms with Crippen molar-refractivity contribution in [2.75, 3.05) is 13.1 Å². The van der Waals surface area contributed by atoms with E-state index in [0.717, 1.165) is 12.1 Å². The highest BCUT2D eigenvalue weighted by Crippen LogP contribution is 2.15.